The Bertz CT molecular complexity index is 1530. The summed E-state index contributed by atoms with van der Waals surface area (Å²) >= 11 is 5.84. The monoisotopic (exact) mass is 656 g/mol. The molecular formula is C27H33ClN4O11S. The van der Waals surface area contributed by atoms with E-state index in [1.165, 1.54) is 31.4 Å². The van der Waals surface area contributed by atoms with Crippen molar-refractivity contribution in [1.29, 1.82) is 0 Å². The molecule has 1 aromatic heterocycles. The Hall–Kier alpha value is -4.48. The third-order valence-corrected chi connectivity index (χ3v) is 6.68. The first-order valence-electron chi connectivity index (χ1n) is 12.6. The molecule has 0 saturated carbocycles. The molecule has 0 aliphatic rings. The molecular weight excluding hydrogens is 624 g/mol. The molecule has 0 amide bonds. The van der Waals surface area contributed by atoms with Crippen LogP contribution in [0.4, 0.5) is 5.69 Å². The van der Waals surface area contributed by atoms with Gasteiger partial charge in [-0.3, -0.25) is 9.59 Å². The van der Waals surface area contributed by atoms with Crippen LogP contribution < -0.4 is 26.7 Å². The number of carboxylic acids is 3. The van der Waals surface area contributed by atoms with E-state index in [9.17, 15) is 27.6 Å². The fourth-order valence-corrected chi connectivity index (χ4v) is 4.31. The van der Waals surface area contributed by atoms with Crippen molar-refractivity contribution < 1.29 is 52.1 Å². The van der Waals surface area contributed by atoms with Gasteiger partial charge in [0.1, 0.15) is 28.0 Å². The number of hydrogen-bond donors (Lipinski definition) is 7. The van der Waals surface area contributed by atoms with Gasteiger partial charge in [-0.2, -0.15) is 0 Å². The zero-order valence-corrected chi connectivity index (χ0v) is 25.0. The van der Waals surface area contributed by atoms with Crippen LogP contribution in [0.25, 0.3) is 0 Å². The van der Waals surface area contributed by atoms with E-state index in [1.54, 1.807) is 24.3 Å². The predicted octanol–water partition coefficient (Wildman–Crippen LogP) is 2.73. The number of carboxylic acid groups (broad SMARTS) is 3. The number of ether oxygens (including phenoxy) is 1. The second-order valence-electron chi connectivity index (χ2n) is 8.74. The molecule has 15 nitrogen and oxygen atoms in total. The van der Waals surface area contributed by atoms with E-state index < -0.39 is 44.8 Å². The minimum atomic E-state index is -4.11. The van der Waals surface area contributed by atoms with Crippen molar-refractivity contribution in [3.63, 3.8) is 0 Å². The number of aliphatic carboxylic acids is 1. The van der Waals surface area contributed by atoms with Crippen LogP contribution in [0.3, 0.4) is 0 Å². The van der Waals surface area contributed by atoms with Crippen LogP contribution in [0, 0.1) is 0 Å². The third-order valence-electron chi connectivity index (χ3n) is 5.30. The fourth-order valence-electron chi connectivity index (χ4n) is 3.21. The number of primary sulfonamides is 1. The molecule has 3 rings (SSSR count). The summed E-state index contributed by atoms with van der Waals surface area (Å²) in [6.45, 7) is 2.04. The predicted molar refractivity (Wildman–Crippen MR) is 159 cm³/mol. The molecule has 3 aromatic rings. The highest BCUT2D eigenvalue weighted by Crippen LogP contribution is 2.28. The summed E-state index contributed by atoms with van der Waals surface area (Å²) < 4.78 is 32.5. The van der Waals surface area contributed by atoms with E-state index >= 15 is 0 Å². The van der Waals surface area contributed by atoms with Gasteiger partial charge in [-0.25, -0.2) is 23.1 Å². The van der Waals surface area contributed by atoms with Crippen molar-refractivity contribution in [3.8, 4) is 5.75 Å². The molecule has 1 atom stereocenters. The van der Waals surface area contributed by atoms with Crippen LogP contribution in [-0.2, 0) is 26.2 Å². The molecule has 44 heavy (non-hydrogen) atoms. The SMILES string of the molecule is CC(=O)Oc1ccccc1C(=O)O.NCCCC[C@H](N)C(=O)O.NS(=O)(=O)c1cc(C(=O)O)c(NCc2ccco2)cc1Cl. The number of hydrogen-bond acceptors (Lipinski definition) is 11. The van der Waals surface area contributed by atoms with E-state index in [0.717, 1.165) is 18.9 Å². The number of para-hydroxylation sites is 1. The lowest BCUT2D eigenvalue weighted by molar-refractivity contribution is -0.138. The van der Waals surface area contributed by atoms with Gasteiger partial charge in [-0.15, -0.1) is 0 Å². The Labute approximate surface area is 257 Å². The van der Waals surface area contributed by atoms with Crippen molar-refractivity contribution in [3.05, 3.63) is 76.7 Å². The smallest absolute Gasteiger partial charge is 0.339 e. The second-order valence-corrected chi connectivity index (χ2v) is 10.7. The van der Waals surface area contributed by atoms with E-state index in [2.05, 4.69) is 10.1 Å². The van der Waals surface area contributed by atoms with Crippen molar-refractivity contribution in [2.45, 2.75) is 43.7 Å². The van der Waals surface area contributed by atoms with Crippen molar-refractivity contribution in [2.24, 2.45) is 16.6 Å². The number of aromatic carboxylic acids is 2. The summed E-state index contributed by atoms with van der Waals surface area (Å²) in [7, 11) is -4.11. The maximum atomic E-state index is 11.3. The number of sulfonamides is 1. The first kappa shape index (κ1) is 37.5. The van der Waals surface area contributed by atoms with Crippen LogP contribution in [0.5, 0.6) is 5.75 Å². The van der Waals surface area contributed by atoms with Gasteiger partial charge in [-0.1, -0.05) is 30.2 Å². The lowest BCUT2D eigenvalue weighted by Crippen LogP contribution is -2.29. The lowest BCUT2D eigenvalue weighted by Gasteiger charge is -2.11. The summed E-state index contributed by atoms with van der Waals surface area (Å²) in [4.78, 5) is 42.1. The number of carbonyl (C=O) groups is 4. The molecule has 0 spiro atoms. The Morgan fingerprint density at radius 3 is 2.14 bits per heavy atom. The zero-order chi connectivity index (χ0) is 33.4. The minimum absolute atomic E-state index is 0.0160. The van der Waals surface area contributed by atoms with E-state index in [0.29, 0.717) is 18.7 Å². The standard InChI is InChI=1S/C12H11ClN2O5S.C9H8O4.C6H14N2O2/c13-9-5-10(15-6-7-2-1-3-20-7)8(12(16)17)4-11(9)21(14,18)19;1-6(10)13-8-5-3-2-4-7(8)9(11)12;7-4-2-1-3-5(8)6(9)10/h1-5,15H,6H2,(H,16,17)(H2,14,18,19);2-5H,1H3,(H,11,12);5H,1-4,7-8H2,(H,9,10)/t;;5-/m..0/s1. The molecule has 240 valence electrons. The minimum Gasteiger partial charge on any atom is -0.480 e. The second kappa shape index (κ2) is 18.2. The average molecular weight is 657 g/mol. The highest BCUT2D eigenvalue weighted by Gasteiger charge is 2.20. The Kier molecular flexibility index (Phi) is 15.6. The summed E-state index contributed by atoms with van der Waals surface area (Å²) in [5.41, 5.74) is 10.3. The van der Waals surface area contributed by atoms with Crippen molar-refractivity contribution >= 4 is 51.2 Å². The molecule has 17 heteroatoms. The molecule has 0 unspecified atom stereocenters. The normalized spacial score (nSPS) is 11.1. The zero-order valence-electron chi connectivity index (χ0n) is 23.4. The maximum absolute atomic E-state index is 11.3. The van der Waals surface area contributed by atoms with Crippen LogP contribution >= 0.6 is 11.6 Å². The molecule has 0 fully saturated rings. The Morgan fingerprint density at radius 1 is 1.00 bits per heavy atom. The van der Waals surface area contributed by atoms with Gasteiger partial charge >= 0.3 is 23.9 Å². The first-order valence-corrected chi connectivity index (χ1v) is 14.6. The lowest BCUT2D eigenvalue weighted by atomic mass is 10.1. The number of benzene rings is 2. The number of carbonyl (C=O) groups excluding carboxylic acids is 1. The number of nitrogens with two attached hydrogens (primary N) is 3. The molecule has 0 aliphatic heterocycles. The highest BCUT2D eigenvalue weighted by atomic mass is 35.5. The quantitative estimate of drug-likeness (QED) is 0.0838. The van der Waals surface area contributed by atoms with Crippen LogP contribution in [0.1, 0.15) is 52.7 Å². The number of nitrogens with one attached hydrogen (secondary N) is 1. The van der Waals surface area contributed by atoms with E-state index in [-0.39, 0.29) is 34.1 Å². The van der Waals surface area contributed by atoms with Gasteiger partial charge < -0.3 is 41.3 Å². The highest BCUT2D eigenvalue weighted by molar-refractivity contribution is 7.89. The first-order chi connectivity index (χ1) is 20.6. The van der Waals surface area contributed by atoms with Gasteiger partial charge in [0.25, 0.3) is 0 Å². The molecule has 10 N–H and O–H groups in total. The van der Waals surface area contributed by atoms with Gasteiger partial charge in [0.2, 0.25) is 10.0 Å². The summed E-state index contributed by atoms with van der Waals surface area (Å²) in [6.07, 6.45) is 3.64. The van der Waals surface area contributed by atoms with E-state index in [1.807, 2.05) is 0 Å². The van der Waals surface area contributed by atoms with Crippen LogP contribution in [0.15, 0.2) is 64.1 Å². The molecule has 0 radical (unpaired) electrons. The van der Waals surface area contributed by atoms with Crippen LogP contribution in [-0.4, -0.2) is 60.2 Å². The third kappa shape index (κ3) is 13.2. The summed E-state index contributed by atoms with van der Waals surface area (Å²) in [5.74, 6) is -3.23. The molecule has 0 saturated heterocycles. The number of furan rings is 1. The van der Waals surface area contributed by atoms with Crippen molar-refractivity contribution in [2.75, 3.05) is 11.9 Å². The molecule has 0 aliphatic carbocycles. The number of esters is 1. The fraction of sp³-hybridized carbons (Fsp3) is 0.259. The average Bonchev–Trinajstić information content (AvgIpc) is 3.45. The van der Waals surface area contributed by atoms with Gasteiger partial charge in [0, 0.05) is 6.92 Å². The number of rotatable bonds is 12. The maximum Gasteiger partial charge on any atom is 0.339 e. The number of anilines is 1. The number of unbranched alkanes of at least 4 members (excludes halogenated alkanes) is 1. The Balaban J connectivity index is 0.000000361. The Morgan fingerprint density at radius 2 is 1.64 bits per heavy atom. The van der Waals surface area contributed by atoms with Gasteiger partial charge in [0.15, 0.2) is 0 Å². The largest absolute Gasteiger partial charge is 0.480 e. The summed E-state index contributed by atoms with van der Waals surface area (Å²) in [5, 5.41) is 33.8. The molecule has 0 bridgehead atoms. The van der Waals surface area contributed by atoms with Crippen molar-refractivity contribution in [1.82, 2.24) is 0 Å². The topological polar surface area (TPSA) is 276 Å². The van der Waals surface area contributed by atoms with E-state index in [4.69, 9.17) is 47.9 Å². The number of halogens is 1. The summed E-state index contributed by atoms with van der Waals surface area (Å²) in [6, 6.07) is 10.8. The van der Waals surface area contributed by atoms with Gasteiger partial charge in [0.05, 0.1) is 29.1 Å². The molecule has 1 heterocycles. The van der Waals surface area contributed by atoms with Crippen LogP contribution in [0.2, 0.25) is 5.02 Å². The molecule has 2 aromatic carbocycles. The van der Waals surface area contributed by atoms with Gasteiger partial charge in [-0.05, 0) is 55.8 Å².